The van der Waals surface area contributed by atoms with Crippen molar-refractivity contribution in [3.05, 3.63) is 64.2 Å². The van der Waals surface area contributed by atoms with Gasteiger partial charge >= 0.3 is 0 Å². The highest BCUT2D eigenvalue weighted by Crippen LogP contribution is 2.31. The molecule has 2 aromatic heterocycles. The fraction of sp³-hybridized carbons (Fsp3) is 0.222. The van der Waals surface area contributed by atoms with Gasteiger partial charge in [0.1, 0.15) is 5.82 Å². The maximum Gasteiger partial charge on any atom is 0.189 e. The number of aryl methyl sites for hydroxylation is 2. The topological polar surface area (TPSA) is 34.9 Å². The average Bonchev–Trinajstić information content (AvgIpc) is 2.56. The molecule has 3 nitrogen and oxygen atoms in total. The highest BCUT2D eigenvalue weighted by atomic mass is 19.1. The van der Waals surface area contributed by atoms with Crippen molar-refractivity contribution in [1.82, 2.24) is 9.55 Å². The molecular weight excluding hydrogens is 298 g/mol. The third kappa shape index (κ3) is 2.42. The summed E-state index contributed by atoms with van der Waals surface area (Å²) in [4.78, 5) is 16.1. The molecule has 0 amide bonds. The molecule has 0 unspecified atom stereocenters. The molecule has 118 valence electrons. The largest absolute Gasteiger partial charge is 0.342 e. The van der Waals surface area contributed by atoms with Gasteiger partial charge in [0.15, 0.2) is 11.2 Å². The van der Waals surface area contributed by atoms with E-state index in [1.165, 1.54) is 18.5 Å². The van der Waals surface area contributed by atoms with Gasteiger partial charge in [-0.25, -0.2) is 8.78 Å². The first-order valence-corrected chi connectivity index (χ1v) is 7.53. The van der Waals surface area contributed by atoms with Crippen LogP contribution in [0.25, 0.3) is 22.0 Å². The van der Waals surface area contributed by atoms with Crippen LogP contribution in [0.1, 0.15) is 19.5 Å². The Labute approximate surface area is 132 Å². The molecule has 3 rings (SSSR count). The van der Waals surface area contributed by atoms with Crippen molar-refractivity contribution in [3.63, 3.8) is 0 Å². The van der Waals surface area contributed by atoms with Crippen molar-refractivity contribution in [2.45, 2.75) is 26.8 Å². The van der Waals surface area contributed by atoms with Crippen molar-refractivity contribution in [2.24, 2.45) is 0 Å². The predicted molar refractivity (Wildman–Crippen MR) is 86.4 cm³/mol. The summed E-state index contributed by atoms with van der Waals surface area (Å²) in [6, 6.07) is 5.79. The quantitative estimate of drug-likeness (QED) is 0.734. The molecule has 0 N–H and O–H groups in total. The van der Waals surface area contributed by atoms with Crippen LogP contribution in [0.15, 0.2) is 41.5 Å². The van der Waals surface area contributed by atoms with Gasteiger partial charge in [-0.3, -0.25) is 9.78 Å². The molecule has 0 saturated carbocycles. The Balaban J connectivity index is 2.49. The van der Waals surface area contributed by atoms with Crippen molar-refractivity contribution in [1.29, 1.82) is 0 Å². The zero-order chi connectivity index (χ0) is 16.6. The van der Waals surface area contributed by atoms with E-state index >= 15 is 4.39 Å². The van der Waals surface area contributed by atoms with Gasteiger partial charge in [0, 0.05) is 36.3 Å². The Morgan fingerprint density at radius 2 is 2.00 bits per heavy atom. The van der Waals surface area contributed by atoms with Crippen LogP contribution in [0, 0.1) is 11.6 Å². The van der Waals surface area contributed by atoms with E-state index in [-0.39, 0.29) is 21.9 Å². The second-order valence-corrected chi connectivity index (χ2v) is 5.28. The van der Waals surface area contributed by atoms with Gasteiger partial charge in [-0.2, -0.15) is 0 Å². The maximum atomic E-state index is 15.1. The first-order valence-electron chi connectivity index (χ1n) is 7.53. The predicted octanol–water partition coefficient (Wildman–Crippen LogP) is 3.92. The van der Waals surface area contributed by atoms with E-state index in [0.717, 1.165) is 11.8 Å². The van der Waals surface area contributed by atoms with E-state index in [4.69, 9.17) is 0 Å². The van der Waals surface area contributed by atoms with Crippen LogP contribution in [0.4, 0.5) is 8.78 Å². The summed E-state index contributed by atoms with van der Waals surface area (Å²) in [6.45, 7) is 4.26. The normalized spacial score (nSPS) is 11.1. The smallest absolute Gasteiger partial charge is 0.189 e. The fourth-order valence-electron chi connectivity index (χ4n) is 2.94. The summed E-state index contributed by atoms with van der Waals surface area (Å²) < 4.78 is 31.3. The van der Waals surface area contributed by atoms with Crippen LogP contribution in [0.5, 0.6) is 0 Å². The number of hydrogen-bond acceptors (Lipinski definition) is 2. The van der Waals surface area contributed by atoms with Crippen LogP contribution in [0.2, 0.25) is 0 Å². The third-order valence-electron chi connectivity index (χ3n) is 4.00. The van der Waals surface area contributed by atoms with Crippen molar-refractivity contribution < 1.29 is 8.78 Å². The molecule has 3 aromatic rings. The van der Waals surface area contributed by atoms with Crippen LogP contribution < -0.4 is 5.43 Å². The van der Waals surface area contributed by atoms with Crippen LogP contribution >= 0.6 is 0 Å². The van der Waals surface area contributed by atoms with E-state index in [0.29, 0.717) is 18.5 Å². The van der Waals surface area contributed by atoms with Gasteiger partial charge in [0.25, 0.3) is 0 Å². The van der Waals surface area contributed by atoms with Gasteiger partial charge in [-0.05, 0) is 25.5 Å². The first-order chi connectivity index (χ1) is 11.1. The highest BCUT2D eigenvalue weighted by molar-refractivity contribution is 5.86. The minimum atomic E-state index is -0.757. The lowest BCUT2D eigenvalue weighted by molar-refractivity contribution is 0.588. The zero-order valence-electron chi connectivity index (χ0n) is 12.9. The number of nitrogens with zero attached hydrogens (tertiary/aromatic N) is 2. The molecule has 0 aliphatic heterocycles. The fourth-order valence-corrected chi connectivity index (χ4v) is 2.94. The molecule has 0 aliphatic rings. The Bertz CT molecular complexity index is 933. The van der Waals surface area contributed by atoms with Crippen LogP contribution in [-0.2, 0) is 13.0 Å². The van der Waals surface area contributed by atoms with Gasteiger partial charge in [0.05, 0.1) is 16.5 Å². The van der Waals surface area contributed by atoms with Gasteiger partial charge < -0.3 is 4.57 Å². The number of benzene rings is 1. The second-order valence-electron chi connectivity index (χ2n) is 5.28. The number of hydrogen-bond donors (Lipinski definition) is 0. The summed E-state index contributed by atoms with van der Waals surface area (Å²) in [6.07, 6.45) is 3.54. The maximum absolute atomic E-state index is 15.1. The van der Waals surface area contributed by atoms with Gasteiger partial charge in [-0.15, -0.1) is 0 Å². The van der Waals surface area contributed by atoms with Crippen molar-refractivity contribution in [2.75, 3.05) is 0 Å². The lowest BCUT2D eigenvalue weighted by Crippen LogP contribution is -2.15. The Morgan fingerprint density at radius 1 is 1.22 bits per heavy atom. The van der Waals surface area contributed by atoms with E-state index in [2.05, 4.69) is 4.98 Å². The number of pyridine rings is 2. The van der Waals surface area contributed by atoms with Crippen molar-refractivity contribution in [3.8, 4) is 11.1 Å². The number of rotatable bonds is 3. The molecule has 0 spiro atoms. The molecule has 5 heteroatoms. The van der Waals surface area contributed by atoms with E-state index in [9.17, 15) is 9.18 Å². The summed E-state index contributed by atoms with van der Waals surface area (Å²) in [7, 11) is 0. The van der Waals surface area contributed by atoms with E-state index < -0.39 is 11.6 Å². The molecule has 0 radical (unpaired) electrons. The summed E-state index contributed by atoms with van der Waals surface area (Å²) in [5.74, 6) is -1.48. The van der Waals surface area contributed by atoms with Gasteiger partial charge in [-0.1, -0.05) is 13.0 Å². The van der Waals surface area contributed by atoms with Crippen LogP contribution in [-0.4, -0.2) is 9.55 Å². The van der Waals surface area contributed by atoms with E-state index in [1.54, 1.807) is 16.7 Å². The molecule has 0 fully saturated rings. The molecule has 23 heavy (non-hydrogen) atoms. The van der Waals surface area contributed by atoms with Gasteiger partial charge in [0.2, 0.25) is 0 Å². The molecular formula is C18H16F2N2O. The average molecular weight is 314 g/mol. The Morgan fingerprint density at radius 3 is 2.61 bits per heavy atom. The minimum Gasteiger partial charge on any atom is -0.342 e. The number of halogens is 2. The molecule has 0 atom stereocenters. The van der Waals surface area contributed by atoms with Crippen LogP contribution in [0.3, 0.4) is 0 Å². The van der Waals surface area contributed by atoms with Crippen molar-refractivity contribution >= 4 is 10.9 Å². The monoisotopic (exact) mass is 314 g/mol. The standard InChI is InChI=1S/C18H16F2N2O/c1-3-12-8-15(23)13-9-14(19)16(11-6-5-7-21-10-11)17(20)18(13)22(12)4-2/h5-10H,3-4H2,1-2H3. The molecule has 2 heterocycles. The van der Waals surface area contributed by atoms with E-state index in [1.807, 2.05) is 13.8 Å². The lowest BCUT2D eigenvalue weighted by Gasteiger charge is -2.17. The number of fused-ring (bicyclic) bond motifs is 1. The number of aromatic nitrogens is 2. The zero-order valence-corrected chi connectivity index (χ0v) is 12.9. The molecule has 0 saturated heterocycles. The summed E-state index contributed by atoms with van der Waals surface area (Å²) in [5.41, 5.74) is 0.712. The first kappa shape index (κ1) is 15.3. The highest BCUT2D eigenvalue weighted by Gasteiger charge is 2.20. The summed E-state index contributed by atoms with van der Waals surface area (Å²) >= 11 is 0. The minimum absolute atomic E-state index is 0.0618. The Hall–Kier alpha value is -2.56. The molecule has 0 bridgehead atoms. The third-order valence-corrected chi connectivity index (χ3v) is 4.00. The SMILES string of the molecule is CCc1cc(=O)c2cc(F)c(-c3cccnc3)c(F)c2n1CC. The lowest BCUT2D eigenvalue weighted by atomic mass is 10.0. The summed E-state index contributed by atoms with van der Waals surface area (Å²) in [5, 5.41) is 0.0618. The molecule has 1 aromatic carbocycles. The Kier molecular flexibility index (Phi) is 3.94. The second kappa shape index (κ2) is 5.91. The molecule has 0 aliphatic carbocycles.